The summed E-state index contributed by atoms with van der Waals surface area (Å²) in [7, 11) is 0. The normalized spacial score (nSPS) is 10.9. The Hall–Kier alpha value is -4.51. The largest absolute Gasteiger partial charge is 0.487 e. The van der Waals surface area contributed by atoms with E-state index in [1.54, 1.807) is 30.3 Å². The number of rotatable bonds is 7. The molecule has 8 heteroatoms. The Morgan fingerprint density at radius 1 is 1.03 bits per heavy atom. The summed E-state index contributed by atoms with van der Waals surface area (Å²) in [6.07, 6.45) is 1.49. The monoisotopic (exact) mass is 594 g/mol. The molecule has 1 N–H and O–H groups in total. The third kappa shape index (κ3) is 6.15. The molecule has 4 aromatic carbocycles. The molecule has 190 valence electrons. The van der Waals surface area contributed by atoms with Crippen LogP contribution in [-0.4, -0.2) is 17.1 Å². The first-order valence-electron chi connectivity index (χ1n) is 11.9. The first-order valence-corrected chi connectivity index (χ1v) is 13.1. The van der Waals surface area contributed by atoms with Gasteiger partial charge in [-0.25, -0.2) is 10.4 Å². The fourth-order valence-electron chi connectivity index (χ4n) is 4.00. The second-order valence-electron chi connectivity index (χ2n) is 8.54. The van der Waals surface area contributed by atoms with Gasteiger partial charge in [0.15, 0.2) is 0 Å². The molecule has 0 saturated carbocycles. The second kappa shape index (κ2) is 11.9. The van der Waals surface area contributed by atoms with Gasteiger partial charge < -0.3 is 4.74 Å². The molecule has 1 amide bonds. The number of nitrogens with one attached hydrogen (secondary N) is 1. The van der Waals surface area contributed by atoms with Gasteiger partial charge in [-0.3, -0.25) is 4.79 Å². The van der Waals surface area contributed by atoms with Crippen LogP contribution in [0.1, 0.15) is 27.0 Å². The number of ether oxygens (including phenoxy) is 1. The number of hydrogen-bond acceptors (Lipinski definition) is 5. The molecular formula is C31H20BrClN4O2. The van der Waals surface area contributed by atoms with Crippen molar-refractivity contribution in [3.8, 4) is 23.1 Å². The quantitative estimate of drug-likeness (QED) is 0.156. The highest BCUT2D eigenvalue weighted by Crippen LogP contribution is 2.32. The summed E-state index contributed by atoms with van der Waals surface area (Å²) in [5.74, 6) is 0.144. The topological polar surface area (TPSA) is 87.4 Å². The number of para-hydroxylation sites is 1. The minimum Gasteiger partial charge on any atom is -0.487 e. The lowest BCUT2D eigenvalue weighted by atomic mass is 10.0. The Balaban J connectivity index is 1.39. The number of carbonyl (C=O) groups excluding carboxylic acids is 1. The van der Waals surface area contributed by atoms with Crippen molar-refractivity contribution >= 4 is 50.6 Å². The van der Waals surface area contributed by atoms with Gasteiger partial charge in [-0.15, -0.1) is 0 Å². The Morgan fingerprint density at radius 2 is 1.77 bits per heavy atom. The molecule has 1 heterocycles. The van der Waals surface area contributed by atoms with Crippen molar-refractivity contribution in [3.63, 3.8) is 0 Å². The Morgan fingerprint density at radius 3 is 2.54 bits per heavy atom. The highest BCUT2D eigenvalue weighted by molar-refractivity contribution is 9.10. The van der Waals surface area contributed by atoms with Crippen LogP contribution in [0.3, 0.4) is 0 Å². The van der Waals surface area contributed by atoms with E-state index in [1.807, 2.05) is 66.7 Å². The average Bonchev–Trinajstić information content (AvgIpc) is 2.96. The van der Waals surface area contributed by atoms with E-state index in [0.29, 0.717) is 43.1 Å². The van der Waals surface area contributed by atoms with Crippen molar-refractivity contribution in [2.24, 2.45) is 5.10 Å². The predicted octanol–water partition coefficient (Wildman–Crippen LogP) is 7.53. The van der Waals surface area contributed by atoms with E-state index >= 15 is 0 Å². The number of pyridine rings is 1. The van der Waals surface area contributed by atoms with E-state index in [0.717, 1.165) is 16.5 Å². The van der Waals surface area contributed by atoms with Gasteiger partial charge >= 0.3 is 0 Å². The second-order valence-corrected chi connectivity index (χ2v) is 9.83. The summed E-state index contributed by atoms with van der Waals surface area (Å²) in [4.78, 5) is 18.0. The smallest absolute Gasteiger partial charge is 0.272 e. The van der Waals surface area contributed by atoms with Gasteiger partial charge in [0, 0.05) is 21.5 Å². The Labute approximate surface area is 238 Å². The first kappa shape index (κ1) is 26.1. The third-order valence-electron chi connectivity index (χ3n) is 5.90. The number of halogens is 2. The van der Waals surface area contributed by atoms with E-state index in [9.17, 15) is 4.79 Å². The molecule has 0 aliphatic carbocycles. The molecule has 0 aliphatic heterocycles. The number of aromatic nitrogens is 1. The fourth-order valence-corrected chi connectivity index (χ4v) is 4.95. The molecule has 1 aromatic heterocycles. The van der Waals surface area contributed by atoms with Gasteiger partial charge in [0.05, 0.1) is 39.1 Å². The standard InChI is InChI=1S/C31H20BrClN4O2/c32-27-15-24(33)14-23(30(27)39-19-21-12-10-20(17-34)11-13-21)18-35-37-31(38)26-16-29(22-6-2-1-3-7-22)36-28-9-5-4-8-25(26)28/h1-16,18H,19H2,(H,37,38)/b35-18-. The maximum absolute atomic E-state index is 13.3. The summed E-state index contributed by atoms with van der Waals surface area (Å²) < 4.78 is 6.69. The number of benzene rings is 4. The number of hydrazone groups is 1. The van der Waals surface area contributed by atoms with Gasteiger partial charge in [-0.2, -0.15) is 10.4 Å². The molecule has 0 aliphatic rings. The highest BCUT2D eigenvalue weighted by Gasteiger charge is 2.14. The van der Waals surface area contributed by atoms with Crippen molar-refractivity contribution in [2.75, 3.05) is 0 Å². The van der Waals surface area contributed by atoms with Crippen molar-refractivity contribution in [1.82, 2.24) is 10.4 Å². The van der Waals surface area contributed by atoms with Gasteiger partial charge in [0.25, 0.3) is 5.91 Å². The summed E-state index contributed by atoms with van der Waals surface area (Å²) in [6, 6.07) is 31.6. The van der Waals surface area contributed by atoms with Crippen LogP contribution in [0.5, 0.6) is 5.75 Å². The summed E-state index contributed by atoms with van der Waals surface area (Å²) in [6.45, 7) is 0.268. The van der Waals surface area contributed by atoms with E-state index < -0.39 is 0 Å². The predicted molar refractivity (Wildman–Crippen MR) is 157 cm³/mol. The van der Waals surface area contributed by atoms with Gasteiger partial charge in [-0.05, 0) is 57.9 Å². The maximum atomic E-state index is 13.3. The van der Waals surface area contributed by atoms with Crippen molar-refractivity contribution < 1.29 is 9.53 Å². The Bertz CT molecular complexity index is 1730. The average molecular weight is 596 g/mol. The highest BCUT2D eigenvalue weighted by atomic mass is 79.9. The molecule has 0 saturated heterocycles. The van der Waals surface area contributed by atoms with E-state index in [2.05, 4.69) is 32.5 Å². The molecule has 0 spiro atoms. The van der Waals surface area contributed by atoms with Crippen LogP contribution < -0.4 is 10.2 Å². The molecule has 5 rings (SSSR count). The minimum absolute atomic E-state index is 0.268. The van der Waals surface area contributed by atoms with Crippen molar-refractivity contribution in [1.29, 1.82) is 5.26 Å². The summed E-state index contributed by atoms with van der Waals surface area (Å²) in [5.41, 5.74) is 7.46. The summed E-state index contributed by atoms with van der Waals surface area (Å²) >= 11 is 9.78. The number of hydrogen-bond donors (Lipinski definition) is 1. The molecular weight excluding hydrogens is 576 g/mol. The molecule has 39 heavy (non-hydrogen) atoms. The van der Waals surface area contributed by atoms with E-state index in [1.165, 1.54) is 6.21 Å². The van der Waals surface area contributed by atoms with Crippen LogP contribution in [0.25, 0.3) is 22.2 Å². The number of nitriles is 1. The van der Waals surface area contributed by atoms with Gasteiger partial charge in [-0.1, -0.05) is 72.3 Å². The van der Waals surface area contributed by atoms with Crippen LogP contribution in [0.15, 0.2) is 107 Å². The molecule has 0 unspecified atom stereocenters. The van der Waals surface area contributed by atoms with Crippen molar-refractivity contribution in [3.05, 3.63) is 129 Å². The summed E-state index contributed by atoms with van der Waals surface area (Å²) in [5, 5.41) is 14.4. The van der Waals surface area contributed by atoms with Crippen LogP contribution in [0.4, 0.5) is 0 Å². The van der Waals surface area contributed by atoms with Gasteiger partial charge in [0.2, 0.25) is 0 Å². The van der Waals surface area contributed by atoms with E-state index in [4.69, 9.17) is 26.6 Å². The number of amides is 1. The number of carbonyl (C=O) groups is 1. The van der Waals surface area contributed by atoms with Crippen LogP contribution in [0.2, 0.25) is 5.02 Å². The molecule has 6 nitrogen and oxygen atoms in total. The lowest BCUT2D eigenvalue weighted by Gasteiger charge is -2.12. The lowest BCUT2D eigenvalue weighted by Crippen LogP contribution is -2.18. The lowest BCUT2D eigenvalue weighted by molar-refractivity contribution is 0.0956. The zero-order chi connectivity index (χ0) is 27.2. The maximum Gasteiger partial charge on any atom is 0.272 e. The molecule has 0 atom stereocenters. The third-order valence-corrected chi connectivity index (χ3v) is 6.71. The van der Waals surface area contributed by atoms with Gasteiger partial charge in [0.1, 0.15) is 12.4 Å². The zero-order valence-corrected chi connectivity index (χ0v) is 22.8. The number of nitrogens with zero attached hydrogens (tertiary/aromatic N) is 3. The Kier molecular flexibility index (Phi) is 7.97. The van der Waals surface area contributed by atoms with Crippen LogP contribution >= 0.6 is 27.5 Å². The zero-order valence-electron chi connectivity index (χ0n) is 20.4. The minimum atomic E-state index is -0.372. The fraction of sp³-hybridized carbons (Fsp3) is 0.0323. The van der Waals surface area contributed by atoms with Crippen LogP contribution in [-0.2, 0) is 6.61 Å². The number of fused-ring (bicyclic) bond motifs is 1. The molecule has 0 bridgehead atoms. The van der Waals surface area contributed by atoms with Crippen LogP contribution in [0, 0.1) is 11.3 Å². The van der Waals surface area contributed by atoms with Crippen molar-refractivity contribution in [2.45, 2.75) is 6.61 Å². The molecule has 0 radical (unpaired) electrons. The van der Waals surface area contributed by atoms with E-state index in [-0.39, 0.29) is 12.5 Å². The molecule has 5 aromatic rings. The SMILES string of the molecule is N#Cc1ccc(COc2c(Br)cc(Cl)cc2/C=N\NC(=O)c2cc(-c3ccccc3)nc3ccccc23)cc1. The first-order chi connectivity index (χ1) is 19.0. The molecule has 0 fully saturated rings.